The van der Waals surface area contributed by atoms with E-state index >= 15 is 0 Å². The van der Waals surface area contributed by atoms with E-state index in [-0.39, 0.29) is 18.8 Å². The lowest BCUT2D eigenvalue weighted by Crippen LogP contribution is -2.26. The van der Waals surface area contributed by atoms with Gasteiger partial charge in [0.1, 0.15) is 18.1 Å². The van der Waals surface area contributed by atoms with E-state index in [0.717, 1.165) is 37.0 Å². The zero-order valence-corrected chi connectivity index (χ0v) is 16.7. The van der Waals surface area contributed by atoms with Crippen LogP contribution in [0.4, 0.5) is 0 Å². The Bertz CT molecular complexity index is 667. The summed E-state index contributed by atoms with van der Waals surface area (Å²) in [6.07, 6.45) is 7.62. The van der Waals surface area contributed by atoms with Gasteiger partial charge in [-0.05, 0) is 44.7 Å². The van der Waals surface area contributed by atoms with Crippen LogP contribution in [0.3, 0.4) is 0 Å². The Balaban J connectivity index is 1.73. The van der Waals surface area contributed by atoms with Gasteiger partial charge >= 0.3 is 5.97 Å². The molecule has 5 heteroatoms. The van der Waals surface area contributed by atoms with Crippen molar-refractivity contribution in [3.05, 3.63) is 42.0 Å². The molecule has 2 N–H and O–H groups in total. The molecule has 0 heterocycles. The van der Waals surface area contributed by atoms with Crippen molar-refractivity contribution in [1.29, 1.82) is 0 Å². The predicted molar refractivity (Wildman–Crippen MR) is 108 cm³/mol. The largest absolute Gasteiger partial charge is 0.491 e. The number of aliphatic carboxylic acids is 1. The number of aliphatic hydroxyl groups is 1. The molecule has 28 heavy (non-hydrogen) atoms. The van der Waals surface area contributed by atoms with E-state index in [9.17, 15) is 14.7 Å². The number of hydrogen-bond donors (Lipinski definition) is 2. The quantitative estimate of drug-likeness (QED) is 0.383. The van der Waals surface area contributed by atoms with Gasteiger partial charge in [-0.15, -0.1) is 0 Å². The number of carbonyl (C=O) groups excluding carboxylic acids is 1. The van der Waals surface area contributed by atoms with Crippen molar-refractivity contribution in [2.24, 2.45) is 5.41 Å². The van der Waals surface area contributed by atoms with Crippen LogP contribution in [0.25, 0.3) is 0 Å². The molecule has 0 saturated carbocycles. The van der Waals surface area contributed by atoms with Crippen molar-refractivity contribution in [2.45, 2.75) is 70.8 Å². The van der Waals surface area contributed by atoms with Crippen molar-refractivity contribution < 1.29 is 24.5 Å². The summed E-state index contributed by atoms with van der Waals surface area (Å²) in [6.45, 7) is 2.25. The number of rotatable bonds is 13. The third-order valence-corrected chi connectivity index (χ3v) is 5.61. The van der Waals surface area contributed by atoms with Crippen LogP contribution in [0.2, 0.25) is 0 Å². The molecule has 0 aliphatic heterocycles. The monoisotopic (exact) mass is 388 g/mol. The molecule has 0 radical (unpaired) electrons. The molecule has 0 spiro atoms. The van der Waals surface area contributed by atoms with Gasteiger partial charge in [-0.3, -0.25) is 9.59 Å². The topological polar surface area (TPSA) is 83.8 Å². The summed E-state index contributed by atoms with van der Waals surface area (Å²) in [7, 11) is 0. The van der Waals surface area contributed by atoms with Crippen LogP contribution in [0, 0.1) is 5.41 Å². The number of carbonyl (C=O) groups is 2. The first-order valence-corrected chi connectivity index (χ1v) is 10.2. The molecule has 0 aromatic heterocycles. The fourth-order valence-corrected chi connectivity index (χ4v) is 3.75. The average molecular weight is 389 g/mol. The first kappa shape index (κ1) is 22.2. The number of Topliss-reactive ketones (excluding diaryl/α,β-unsaturated/α-hetero) is 1. The van der Waals surface area contributed by atoms with Crippen molar-refractivity contribution >= 4 is 11.8 Å². The SMILES string of the molecule is C[C@]1(CCCCCCC(=O)O)C(=O)CC=C1CC[C@H](O)COc1ccccc1. The number of carboxylic acids is 1. The van der Waals surface area contributed by atoms with Gasteiger partial charge in [0.05, 0.1) is 6.10 Å². The maximum Gasteiger partial charge on any atom is 0.303 e. The van der Waals surface area contributed by atoms with Gasteiger partial charge in [-0.2, -0.15) is 0 Å². The highest BCUT2D eigenvalue weighted by molar-refractivity contribution is 5.91. The minimum atomic E-state index is -0.752. The van der Waals surface area contributed by atoms with Gasteiger partial charge in [0.25, 0.3) is 0 Å². The third-order valence-electron chi connectivity index (χ3n) is 5.61. The number of benzene rings is 1. The first-order valence-electron chi connectivity index (χ1n) is 10.2. The normalized spacial score (nSPS) is 20.1. The summed E-state index contributed by atoms with van der Waals surface area (Å²) in [6, 6.07) is 9.42. The molecule has 0 amide bonds. The second-order valence-electron chi connectivity index (χ2n) is 7.81. The molecule has 1 aromatic carbocycles. The molecular formula is C23H32O5. The van der Waals surface area contributed by atoms with Gasteiger partial charge in [0, 0.05) is 18.3 Å². The molecule has 1 aromatic rings. The fraction of sp³-hybridized carbons (Fsp3) is 0.565. The lowest BCUT2D eigenvalue weighted by atomic mass is 9.76. The van der Waals surface area contributed by atoms with Crippen LogP contribution in [0.5, 0.6) is 5.75 Å². The van der Waals surface area contributed by atoms with Crippen LogP contribution in [-0.4, -0.2) is 34.7 Å². The average Bonchev–Trinajstić information content (AvgIpc) is 2.96. The summed E-state index contributed by atoms with van der Waals surface area (Å²) >= 11 is 0. The van der Waals surface area contributed by atoms with Gasteiger partial charge < -0.3 is 14.9 Å². The fourth-order valence-electron chi connectivity index (χ4n) is 3.75. The Morgan fingerprint density at radius 1 is 1.18 bits per heavy atom. The van der Waals surface area contributed by atoms with Gasteiger partial charge in [0.15, 0.2) is 0 Å². The number of carboxylic acid groups (broad SMARTS) is 1. The minimum absolute atomic E-state index is 0.213. The molecule has 2 rings (SSSR count). The predicted octanol–water partition coefficient (Wildman–Crippen LogP) is 4.54. The summed E-state index contributed by atoms with van der Waals surface area (Å²) in [5.74, 6) is 0.241. The van der Waals surface area contributed by atoms with Crippen LogP contribution in [0.15, 0.2) is 42.0 Å². The van der Waals surface area contributed by atoms with Crippen LogP contribution >= 0.6 is 0 Å². The molecule has 0 fully saturated rings. The zero-order chi connectivity index (χ0) is 20.4. The summed E-state index contributed by atoms with van der Waals surface area (Å²) in [5.41, 5.74) is 0.689. The number of ether oxygens (including phenoxy) is 1. The van der Waals surface area contributed by atoms with E-state index in [1.165, 1.54) is 0 Å². The molecule has 0 saturated heterocycles. The number of para-hydroxylation sites is 1. The highest BCUT2D eigenvalue weighted by Gasteiger charge is 2.39. The minimum Gasteiger partial charge on any atom is -0.491 e. The molecule has 0 bridgehead atoms. The van der Waals surface area contributed by atoms with Crippen molar-refractivity contribution in [2.75, 3.05) is 6.61 Å². The Kier molecular flexibility index (Phi) is 8.71. The second-order valence-corrected chi connectivity index (χ2v) is 7.81. The summed E-state index contributed by atoms with van der Waals surface area (Å²) in [4.78, 5) is 23.0. The molecule has 0 unspecified atom stereocenters. The molecule has 2 atom stereocenters. The van der Waals surface area contributed by atoms with E-state index in [4.69, 9.17) is 9.84 Å². The first-order chi connectivity index (χ1) is 13.4. The Morgan fingerprint density at radius 3 is 2.61 bits per heavy atom. The van der Waals surface area contributed by atoms with Crippen molar-refractivity contribution in [1.82, 2.24) is 0 Å². The standard InChI is InChI=1S/C23H32O5/c1-23(16-8-3-2-7-11-22(26)27)18(13-15-21(23)25)12-14-19(24)17-28-20-9-5-4-6-10-20/h4-6,9-10,13,19,24H,2-3,7-8,11-12,14-17H2,1H3,(H,26,27)/t19-,23+/m0/s1. The molecule has 5 nitrogen and oxygen atoms in total. The Hall–Kier alpha value is -2.14. The van der Waals surface area contributed by atoms with Crippen molar-refractivity contribution in [3.8, 4) is 5.75 Å². The zero-order valence-electron chi connectivity index (χ0n) is 16.7. The van der Waals surface area contributed by atoms with Gasteiger partial charge in [-0.1, -0.05) is 49.1 Å². The number of aliphatic hydroxyl groups excluding tert-OH is 1. The van der Waals surface area contributed by atoms with Crippen LogP contribution in [-0.2, 0) is 9.59 Å². The maximum atomic E-state index is 12.5. The Labute approximate surface area is 167 Å². The van der Waals surface area contributed by atoms with E-state index < -0.39 is 17.5 Å². The summed E-state index contributed by atoms with van der Waals surface area (Å²) < 4.78 is 5.60. The maximum absolute atomic E-state index is 12.5. The number of hydrogen-bond acceptors (Lipinski definition) is 4. The molecule has 1 aliphatic carbocycles. The Morgan fingerprint density at radius 2 is 1.89 bits per heavy atom. The lowest BCUT2D eigenvalue weighted by molar-refractivity contribution is -0.137. The lowest BCUT2D eigenvalue weighted by Gasteiger charge is -2.27. The van der Waals surface area contributed by atoms with Gasteiger partial charge in [0.2, 0.25) is 0 Å². The molecule has 1 aliphatic rings. The van der Waals surface area contributed by atoms with E-state index in [0.29, 0.717) is 25.7 Å². The number of allylic oxidation sites excluding steroid dienone is 2. The second kappa shape index (κ2) is 11.0. The highest BCUT2D eigenvalue weighted by atomic mass is 16.5. The van der Waals surface area contributed by atoms with Crippen LogP contribution < -0.4 is 4.74 Å². The molecule has 154 valence electrons. The third kappa shape index (κ3) is 6.79. The van der Waals surface area contributed by atoms with E-state index in [1.807, 2.05) is 43.3 Å². The molecular weight excluding hydrogens is 356 g/mol. The number of ketones is 1. The van der Waals surface area contributed by atoms with E-state index in [1.54, 1.807) is 0 Å². The van der Waals surface area contributed by atoms with Crippen LogP contribution in [0.1, 0.15) is 64.7 Å². The smallest absolute Gasteiger partial charge is 0.303 e. The highest BCUT2D eigenvalue weighted by Crippen LogP contribution is 2.42. The van der Waals surface area contributed by atoms with Crippen molar-refractivity contribution in [3.63, 3.8) is 0 Å². The summed E-state index contributed by atoms with van der Waals surface area (Å²) in [5, 5.41) is 18.9. The van der Waals surface area contributed by atoms with E-state index in [2.05, 4.69) is 0 Å². The number of unbranched alkanes of at least 4 members (excludes halogenated alkanes) is 3. The van der Waals surface area contributed by atoms with Gasteiger partial charge in [-0.25, -0.2) is 0 Å².